The second-order valence-electron chi connectivity index (χ2n) is 4.73. The number of hydrogen-bond donors (Lipinski definition) is 0. The number of carbonyl (C=O) groups excluding carboxylic acids is 1. The summed E-state index contributed by atoms with van der Waals surface area (Å²) in [6.45, 7) is 2.15. The topological polar surface area (TPSA) is 26.3 Å². The Kier molecular flexibility index (Phi) is 4.19. The third kappa shape index (κ3) is 2.47. The van der Waals surface area contributed by atoms with E-state index in [9.17, 15) is 4.79 Å². The first-order valence-electron chi connectivity index (χ1n) is 6.64. The fourth-order valence-electron chi connectivity index (χ4n) is 2.51. The van der Waals surface area contributed by atoms with Gasteiger partial charge in [0.15, 0.2) is 5.78 Å². The fourth-order valence-corrected chi connectivity index (χ4v) is 2.51. The largest absolute Gasteiger partial charge is 0.496 e. The first-order chi connectivity index (χ1) is 8.77. The number of allylic oxidation sites excluding steroid dienone is 2. The highest BCUT2D eigenvalue weighted by atomic mass is 16.5. The van der Waals surface area contributed by atoms with Gasteiger partial charge in [0.2, 0.25) is 0 Å². The van der Waals surface area contributed by atoms with E-state index in [1.54, 1.807) is 7.11 Å². The Hall–Kier alpha value is -1.57. The van der Waals surface area contributed by atoms with Crippen LogP contribution in [0.4, 0.5) is 0 Å². The van der Waals surface area contributed by atoms with Crippen molar-refractivity contribution >= 4 is 5.78 Å². The molecule has 18 heavy (non-hydrogen) atoms. The summed E-state index contributed by atoms with van der Waals surface area (Å²) in [7, 11) is 1.66. The van der Waals surface area contributed by atoms with Gasteiger partial charge in [0.25, 0.3) is 0 Å². The molecule has 1 unspecified atom stereocenters. The third-order valence-corrected chi connectivity index (χ3v) is 3.55. The van der Waals surface area contributed by atoms with E-state index in [2.05, 4.69) is 13.0 Å². The molecule has 0 amide bonds. The van der Waals surface area contributed by atoms with Gasteiger partial charge in [-0.05, 0) is 30.9 Å². The Morgan fingerprint density at radius 3 is 2.83 bits per heavy atom. The lowest BCUT2D eigenvalue weighted by Crippen LogP contribution is -2.10. The molecule has 0 bridgehead atoms. The van der Waals surface area contributed by atoms with Crippen LogP contribution in [0.3, 0.4) is 0 Å². The van der Waals surface area contributed by atoms with Crippen LogP contribution in [-0.4, -0.2) is 12.9 Å². The number of ketones is 1. The zero-order valence-corrected chi connectivity index (χ0v) is 11.1. The van der Waals surface area contributed by atoms with Gasteiger partial charge in [-0.15, -0.1) is 0 Å². The molecule has 2 rings (SSSR count). The summed E-state index contributed by atoms with van der Waals surface area (Å²) >= 11 is 0. The minimum atomic E-state index is -0.0343. The molecular weight excluding hydrogens is 224 g/mol. The highest BCUT2D eigenvalue weighted by Crippen LogP contribution is 2.37. The lowest BCUT2D eigenvalue weighted by atomic mass is 9.92. The van der Waals surface area contributed by atoms with E-state index < -0.39 is 0 Å². The van der Waals surface area contributed by atoms with Crippen LogP contribution >= 0.6 is 0 Å². The van der Waals surface area contributed by atoms with Gasteiger partial charge < -0.3 is 4.74 Å². The first kappa shape index (κ1) is 12.9. The average molecular weight is 244 g/mol. The normalized spacial score (nSPS) is 18.9. The summed E-state index contributed by atoms with van der Waals surface area (Å²) in [4.78, 5) is 12.4. The van der Waals surface area contributed by atoms with Crippen molar-refractivity contribution in [2.24, 2.45) is 0 Å². The number of hydrogen-bond acceptors (Lipinski definition) is 2. The predicted molar refractivity (Wildman–Crippen MR) is 73.0 cm³/mol. The zero-order valence-electron chi connectivity index (χ0n) is 11.1. The van der Waals surface area contributed by atoms with E-state index >= 15 is 0 Å². The summed E-state index contributed by atoms with van der Waals surface area (Å²) in [5.41, 5.74) is 2.03. The number of para-hydroxylation sites is 1. The molecule has 0 aliphatic heterocycles. The molecule has 0 N–H and O–H groups in total. The molecule has 96 valence electrons. The minimum absolute atomic E-state index is 0.0343. The number of benzene rings is 1. The molecule has 0 aromatic heterocycles. The zero-order chi connectivity index (χ0) is 13.0. The summed E-state index contributed by atoms with van der Waals surface area (Å²) in [6, 6.07) is 7.83. The monoisotopic (exact) mass is 244 g/mol. The van der Waals surface area contributed by atoms with Gasteiger partial charge in [-0.3, -0.25) is 4.79 Å². The maximum Gasteiger partial charge on any atom is 0.166 e. The molecule has 0 saturated heterocycles. The smallest absolute Gasteiger partial charge is 0.166 e. The molecule has 0 spiro atoms. The van der Waals surface area contributed by atoms with E-state index in [0.29, 0.717) is 0 Å². The Morgan fingerprint density at radius 1 is 1.33 bits per heavy atom. The molecule has 0 radical (unpaired) electrons. The van der Waals surface area contributed by atoms with E-state index in [4.69, 9.17) is 4.74 Å². The molecule has 0 fully saturated rings. The average Bonchev–Trinajstić information content (AvgIpc) is 2.77. The summed E-state index contributed by atoms with van der Waals surface area (Å²) in [5.74, 6) is 1.07. The van der Waals surface area contributed by atoms with Gasteiger partial charge in [-0.25, -0.2) is 0 Å². The molecule has 2 nitrogen and oxygen atoms in total. The molecular formula is C16H20O2. The lowest BCUT2D eigenvalue weighted by molar-refractivity contribution is -0.116. The Bertz CT molecular complexity index is 460. The second kappa shape index (κ2) is 5.85. The SMILES string of the molecule is CCCCC1=CCC(c2ccccc2OC)C1=O. The van der Waals surface area contributed by atoms with E-state index in [1.165, 1.54) is 0 Å². The summed E-state index contributed by atoms with van der Waals surface area (Å²) in [6.07, 6.45) is 6.06. The molecule has 0 saturated carbocycles. The number of unbranched alkanes of at least 4 members (excludes halogenated alkanes) is 1. The molecule has 1 aliphatic rings. The maximum absolute atomic E-state index is 12.4. The van der Waals surface area contributed by atoms with Crippen molar-refractivity contribution in [1.29, 1.82) is 0 Å². The first-order valence-corrected chi connectivity index (χ1v) is 6.64. The maximum atomic E-state index is 12.4. The Balaban J connectivity index is 2.15. The van der Waals surface area contributed by atoms with Crippen molar-refractivity contribution in [2.45, 2.75) is 38.5 Å². The third-order valence-electron chi connectivity index (χ3n) is 3.55. The van der Waals surface area contributed by atoms with Crippen LogP contribution < -0.4 is 4.74 Å². The van der Waals surface area contributed by atoms with E-state index in [1.807, 2.05) is 24.3 Å². The van der Waals surface area contributed by atoms with Crippen molar-refractivity contribution in [3.05, 3.63) is 41.5 Å². The van der Waals surface area contributed by atoms with Crippen molar-refractivity contribution in [2.75, 3.05) is 7.11 Å². The van der Waals surface area contributed by atoms with Crippen LogP contribution in [0.2, 0.25) is 0 Å². The second-order valence-corrected chi connectivity index (χ2v) is 4.73. The van der Waals surface area contributed by atoms with Crippen LogP contribution in [0.1, 0.15) is 44.1 Å². The van der Waals surface area contributed by atoms with Crippen LogP contribution in [0.25, 0.3) is 0 Å². The van der Waals surface area contributed by atoms with Gasteiger partial charge in [-0.2, -0.15) is 0 Å². The summed E-state index contributed by atoms with van der Waals surface area (Å²) in [5, 5.41) is 0. The molecule has 1 aromatic rings. The summed E-state index contributed by atoms with van der Waals surface area (Å²) < 4.78 is 5.35. The number of ether oxygens (including phenoxy) is 1. The standard InChI is InChI=1S/C16H20O2/c1-3-4-7-12-10-11-14(16(12)17)13-8-5-6-9-15(13)18-2/h5-6,8-10,14H,3-4,7,11H2,1-2H3. The Morgan fingerprint density at radius 2 is 2.11 bits per heavy atom. The highest BCUT2D eigenvalue weighted by Gasteiger charge is 2.29. The molecule has 1 aromatic carbocycles. The van der Waals surface area contributed by atoms with Crippen LogP contribution in [0, 0.1) is 0 Å². The Labute approximate surface area is 109 Å². The van der Waals surface area contributed by atoms with Crippen molar-refractivity contribution in [3.63, 3.8) is 0 Å². The van der Waals surface area contributed by atoms with Gasteiger partial charge in [0.05, 0.1) is 13.0 Å². The number of Topliss-reactive ketones (excluding diaryl/α,β-unsaturated/α-hetero) is 1. The number of carbonyl (C=O) groups is 1. The molecule has 1 aliphatic carbocycles. The van der Waals surface area contributed by atoms with E-state index in [0.717, 1.165) is 42.6 Å². The van der Waals surface area contributed by atoms with Crippen LogP contribution in [-0.2, 0) is 4.79 Å². The van der Waals surface area contributed by atoms with Gasteiger partial charge in [0, 0.05) is 5.56 Å². The van der Waals surface area contributed by atoms with Crippen molar-refractivity contribution in [3.8, 4) is 5.75 Å². The minimum Gasteiger partial charge on any atom is -0.496 e. The van der Waals surface area contributed by atoms with E-state index in [-0.39, 0.29) is 11.7 Å². The van der Waals surface area contributed by atoms with Crippen molar-refractivity contribution in [1.82, 2.24) is 0 Å². The highest BCUT2D eigenvalue weighted by molar-refractivity contribution is 6.03. The quantitative estimate of drug-likeness (QED) is 0.786. The predicted octanol–water partition coefficient (Wildman–Crippen LogP) is 3.87. The number of rotatable bonds is 5. The van der Waals surface area contributed by atoms with Gasteiger partial charge >= 0.3 is 0 Å². The van der Waals surface area contributed by atoms with Crippen LogP contribution in [0.5, 0.6) is 5.75 Å². The molecule has 0 heterocycles. The lowest BCUT2D eigenvalue weighted by Gasteiger charge is -2.14. The van der Waals surface area contributed by atoms with Gasteiger partial charge in [0.1, 0.15) is 5.75 Å². The van der Waals surface area contributed by atoms with Gasteiger partial charge in [-0.1, -0.05) is 37.6 Å². The molecule has 2 heteroatoms. The number of methoxy groups -OCH3 is 1. The van der Waals surface area contributed by atoms with Crippen molar-refractivity contribution < 1.29 is 9.53 Å². The molecule has 1 atom stereocenters. The van der Waals surface area contributed by atoms with Crippen LogP contribution in [0.15, 0.2) is 35.9 Å². The fraction of sp³-hybridized carbons (Fsp3) is 0.438.